The maximum atomic E-state index is 10.2. The summed E-state index contributed by atoms with van der Waals surface area (Å²) in [5.41, 5.74) is 4.10. The summed E-state index contributed by atoms with van der Waals surface area (Å²) >= 11 is 0. The highest BCUT2D eigenvalue weighted by molar-refractivity contribution is 6.17. The zero-order valence-corrected chi connectivity index (χ0v) is 9.67. The fourth-order valence-corrected chi connectivity index (χ4v) is 3.05. The molecule has 18 heavy (non-hydrogen) atoms. The van der Waals surface area contributed by atoms with Gasteiger partial charge in [-0.1, -0.05) is 48.6 Å². The van der Waals surface area contributed by atoms with Crippen LogP contribution in [0.3, 0.4) is 0 Å². The topological polar surface area (TPSA) is 40.5 Å². The van der Waals surface area contributed by atoms with Gasteiger partial charge >= 0.3 is 0 Å². The van der Waals surface area contributed by atoms with Gasteiger partial charge in [0.2, 0.25) is 0 Å². The van der Waals surface area contributed by atoms with Gasteiger partial charge in [0.1, 0.15) is 12.2 Å². The highest BCUT2D eigenvalue weighted by Gasteiger charge is 2.32. The maximum Gasteiger partial charge on any atom is 0.110 e. The number of aliphatic hydroxyl groups is 2. The third-order valence-corrected chi connectivity index (χ3v) is 3.85. The summed E-state index contributed by atoms with van der Waals surface area (Å²) in [5.74, 6) is 0. The second-order valence-corrected chi connectivity index (χ2v) is 4.83. The van der Waals surface area contributed by atoms with Crippen LogP contribution in [-0.4, -0.2) is 22.4 Å². The summed E-state index contributed by atoms with van der Waals surface area (Å²) in [4.78, 5) is 0. The molecule has 2 aromatic carbocycles. The molecule has 2 atom stereocenters. The number of rotatable bonds is 0. The van der Waals surface area contributed by atoms with Gasteiger partial charge in [-0.2, -0.15) is 0 Å². The van der Waals surface area contributed by atoms with Gasteiger partial charge in [-0.25, -0.2) is 0 Å². The van der Waals surface area contributed by atoms with Gasteiger partial charge in [-0.15, -0.1) is 0 Å². The number of hydrogen-bond acceptors (Lipinski definition) is 2. The Morgan fingerprint density at radius 2 is 1.61 bits per heavy atom. The van der Waals surface area contributed by atoms with Crippen LogP contribution < -0.4 is 0 Å². The lowest BCUT2D eigenvalue weighted by molar-refractivity contribution is 0.0865. The standard InChI is InChI=1S/C16H12O2/c17-13-8-7-11-10-5-1-3-9-4-2-6-12(14(9)10)15(11)16(13)18/h1-8,13,16-18H/t13-,16+/m0/s1. The Hall–Kier alpha value is -1.90. The quantitative estimate of drug-likeness (QED) is 0.737. The van der Waals surface area contributed by atoms with Gasteiger partial charge in [-0.05, 0) is 33.0 Å². The van der Waals surface area contributed by atoms with Crippen molar-refractivity contribution in [1.29, 1.82) is 0 Å². The van der Waals surface area contributed by atoms with Crippen molar-refractivity contribution in [1.82, 2.24) is 0 Å². The Labute approximate surface area is 105 Å². The van der Waals surface area contributed by atoms with Crippen molar-refractivity contribution in [2.45, 2.75) is 12.2 Å². The largest absolute Gasteiger partial charge is 0.386 e. The number of fused-ring (bicyclic) bond motifs is 2. The first-order valence-electron chi connectivity index (χ1n) is 6.08. The molecule has 0 radical (unpaired) electrons. The minimum Gasteiger partial charge on any atom is -0.386 e. The summed E-state index contributed by atoms with van der Waals surface area (Å²) in [6.07, 6.45) is 1.94. The van der Waals surface area contributed by atoms with E-state index < -0.39 is 12.2 Å². The molecule has 0 amide bonds. The lowest BCUT2D eigenvalue weighted by Crippen LogP contribution is -2.27. The van der Waals surface area contributed by atoms with Gasteiger partial charge in [0.05, 0.1) is 0 Å². The second-order valence-electron chi connectivity index (χ2n) is 4.83. The van der Waals surface area contributed by atoms with E-state index in [2.05, 4.69) is 18.2 Å². The molecule has 0 spiro atoms. The molecule has 2 aliphatic carbocycles. The zero-order valence-electron chi connectivity index (χ0n) is 9.67. The Bertz CT molecular complexity index is 720. The van der Waals surface area contributed by atoms with Crippen molar-refractivity contribution < 1.29 is 10.2 Å². The molecule has 0 aromatic heterocycles. The molecular formula is C16H12O2. The van der Waals surface area contributed by atoms with Crippen molar-refractivity contribution in [3.8, 4) is 0 Å². The van der Waals surface area contributed by atoms with E-state index in [-0.39, 0.29) is 0 Å². The van der Waals surface area contributed by atoms with Crippen molar-refractivity contribution in [3.63, 3.8) is 0 Å². The number of benzene rings is 2. The maximum absolute atomic E-state index is 10.2. The highest BCUT2D eigenvalue weighted by Crippen LogP contribution is 2.46. The molecular weight excluding hydrogens is 224 g/mol. The van der Waals surface area contributed by atoms with Crippen molar-refractivity contribution >= 4 is 21.9 Å². The van der Waals surface area contributed by atoms with Crippen LogP contribution in [0.15, 0.2) is 48.6 Å². The van der Waals surface area contributed by atoms with Crippen LogP contribution >= 0.6 is 0 Å². The first-order chi connectivity index (χ1) is 8.77. The average Bonchev–Trinajstić information content (AvgIpc) is 2.72. The molecule has 2 nitrogen and oxygen atoms in total. The Morgan fingerprint density at radius 3 is 2.39 bits per heavy atom. The van der Waals surface area contributed by atoms with Crippen LogP contribution in [0.4, 0.5) is 0 Å². The van der Waals surface area contributed by atoms with E-state index in [9.17, 15) is 10.2 Å². The lowest BCUT2D eigenvalue weighted by Gasteiger charge is -2.22. The Kier molecular flexibility index (Phi) is 1.85. The number of allylic oxidation sites excluding steroid dienone is 2. The van der Waals surface area contributed by atoms with Crippen LogP contribution in [-0.2, 0) is 0 Å². The predicted molar refractivity (Wildman–Crippen MR) is 71.9 cm³/mol. The summed E-state index contributed by atoms with van der Waals surface area (Å²) in [6, 6.07) is 12.3. The third-order valence-electron chi connectivity index (χ3n) is 3.85. The smallest absolute Gasteiger partial charge is 0.110 e. The van der Waals surface area contributed by atoms with E-state index in [0.29, 0.717) is 0 Å². The highest BCUT2D eigenvalue weighted by atomic mass is 16.3. The summed E-state index contributed by atoms with van der Waals surface area (Å²) < 4.78 is 0. The van der Waals surface area contributed by atoms with Gasteiger partial charge in [0.25, 0.3) is 0 Å². The minimum absolute atomic E-state index is 0.812. The third kappa shape index (κ3) is 1.09. The van der Waals surface area contributed by atoms with E-state index in [1.54, 1.807) is 6.08 Å². The average molecular weight is 236 g/mol. The monoisotopic (exact) mass is 236 g/mol. The van der Waals surface area contributed by atoms with Crippen LogP contribution in [0.5, 0.6) is 0 Å². The summed E-state index contributed by atoms with van der Waals surface area (Å²) in [6.45, 7) is 0. The zero-order chi connectivity index (χ0) is 12.3. The molecule has 4 rings (SSSR count). The molecule has 0 saturated carbocycles. The van der Waals surface area contributed by atoms with E-state index >= 15 is 0 Å². The van der Waals surface area contributed by atoms with Crippen molar-refractivity contribution in [3.05, 3.63) is 59.7 Å². The molecule has 0 unspecified atom stereocenters. The van der Waals surface area contributed by atoms with Crippen molar-refractivity contribution in [2.75, 3.05) is 0 Å². The van der Waals surface area contributed by atoms with Gasteiger partial charge in [0.15, 0.2) is 0 Å². The second kappa shape index (κ2) is 3.31. The van der Waals surface area contributed by atoms with E-state index in [0.717, 1.165) is 22.3 Å². The van der Waals surface area contributed by atoms with Crippen LogP contribution in [0.2, 0.25) is 0 Å². The first-order valence-corrected chi connectivity index (χ1v) is 6.08. The molecule has 2 heteroatoms. The molecule has 2 N–H and O–H groups in total. The predicted octanol–water partition coefficient (Wildman–Crippen LogP) is 2.36. The van der Waals surface area contributed by atoms with Crippen LogP contribution in [0.25, 0.3) is 21.9 Å². The van der Waals surface area contributed by atoms with E-state index in [1.165, 1.54) is 10.8 Å². The molecule has 0 bridgehead atoms. The van der Waals surface area contributed by atoms with Crippen LogP contribution in [0, 0.1) is 0 Å². The molecule has 0 aliphatic heterocycles. The molecule has 0 fully saturated rings. The summed E-state index contributed by atoms with van der Waals surface area (Å²) in [7, 11) is 0. The fourth-order valence-electron chi connectivity index (χ4n) is 3.05. The van der Waals surface area contributed by atoms with Gasteiger partial charge < -0.3 is 10.2 Å². The van der Waals surface area contributed by atoms with Crippen LogP contribution in [0.1, 0.15) is 11.1 Å². The van der Waals surface area contributed by atoms with Gasteiger partial charge in [0, 0.05) is 0 Å². The molecule has 2 aromatic rings. The van der Waals surface area contributed by atoms with Gasteiger partial charge in [-0.3, -0.25) is 0 Å². The molecule has 88 valence electrons. The molecule has 0 heterocycles. The lowest BCUT2D eigenvalue weighted by atomic mass is 9.91. The van der Waals surface area contributed by atoms with Crippen molar-refractivity contribution in [2.24, 2.45) is 0 Å². The Morgan fingerprint density at radius 1 is 0.889 bits per heavy atom. The Balaban J connectivity index is 2.13. The molecule has 0 saturated heterocycles. The fraction of sp³-hybridized carbons (Fsp3) is 0.125. The van der Waals surface area contributed by atoms with E-state index in [1.807, 2.05) is 24.3 Å². The number of aliphatic hydroxyl groups excluding tert-OH is 2. The first kappa shape index (κ1) is 10.1. The summed E-state index contributed by atoms with van der Waals surface area (Å²) in [5, 5.41) is 22.4. The molecule has 2 aliphatic rings. The normalized spacial score (nSPS) is 24.8. The SMILES string of the molecule is O[C@H]1C=CC2=C(c3cccc4cccc2c34)[C@@H]1O. The number of hydrogen-bond donors (Lipinski definition) is 2. The van der Waals surface area contributed by atoms with E-state index in [4.69, 9.17) is 0 Å². The minimum atomic E-state index is -0.831.